The highest BCUT2D eigenvalue weighted by molar-refractivity contribution is 7.90. The quantitative estimate of drug-likeness (QED) is 0.855. The molecule has 1 N–H and O–H groups in total. The molecule has 1 atom stereocenters. The Labute approximate surface area is 109 Å². The molecule has 0 aromatic heterocycles. The van der Waals surface area contributed by atoms with E-state index in [1.807, 2.05) is 27.7 Å². The number of benzene rings is 1. The zero-order valence-corrected chi connectivity index (χ0v) is 12.3. The van der Waals surface area contributed by atoms with E-state index in [2.05, 4.69) is 5.48 Å². The molecule has 4 nitrogen and oxygen atoms in total. The lowest BCUT2D eigenvalue weighted by Gasteiger charge is -2.23. The third kappa shape index (κ3) is 4.76. The fraction of sp³-hybridized carbons (Fsp3) is 0.538. The summed E-state index contributed by atoms with van der Waals surface area (Å²) in [5.41, 5.74) is 3.66. The van der Waals surface area contributed by atoms with E-state index in [0.717, 1.165) is 5.56 Å². The van der Waals surface area contributed by atoms with Gasteiger partial charge in [-0.25, -0.2) is 8.42 Å². The van der Waals surface area contributed by atoms with Gasteiger partial charge in [-0.1, -0.05) is 12.1 Å². The maximum atomic E-state index is 11.3. The van der Waals surface area contributed by atoms with Crippen LogP contribution in [0.2, 0.25) is 0 Å². The van der Waals surface area contributed by atoms with E-state index in [0.29, 0.717) is 4.90 Å². The number of hydroxylamine groups is 1. The van der Waals surface area contributed by atoms with E-state index in [9.17, 15) is 8.42 Å². The van der Waals surface area contributed by atoms with Crippen LogP contribution in [-0.2, 0) is 14.7 Å². The van der Waals surface area contributed by atoms with Crippen LogP contribution in [0.25, 0.3) is 0 Å². The summed E-state index contributed by atoms with van der Waals surface area (Å²) in [5.74, 6) is 0. The zero-order chi connectivity index (χ0) is 14.0. The van der Waals surface area contributed by atoms with Crippen molar-refractivity contribution in [1.82, 2.24) is 5.48 Å². The molecule has 0 bridgehead atoms. The fourth-order valence-corrected chi connectivity index (χ4v) is 1.97. The van der Waals surface area contributed by atoms with Crippen molar-refractivity contribution in [2.45, 2.75) is 44.2 Å². The van der Waals surface area contributed by atoms with Crippen molar-refractivity contribution >= 4 is 9.84 Å². The highest BCUT2D eigenvalue weighted by Crippen LogP contribution is 2.17. The molecule has 0 aliphatic rings. The van der Waals surface area contributed by atoms with Gasteiger partial charge in [-0.05, 0) is 45.4 Å². The van der Waals surface area contributed by atoms with Gasteiger partial charge in [0.25, 0.3) is 0 Å². The van der Waals surface area contributed by atoms with Crippen molar-refractivity contribution in [2.24, 2.45) is 0 Å². The smallest absolute Gasteiger partial charge is 0.175 e. The second kappa shape index (κ2) is 5.38. The van der Waals surface area contributed by atoms with Crippen LogP contribution in [0.1, 0.15) is 39.3 Å². The van der Waals surface area contributed by atoms with Crippen LogP contribution in [0.4, 0.5) is 0 Å². The van der Waals surface area contributed by atoms with Crippen molar-refractivity contribution in [1.29, 1.82) is 0 Å². The van der Waals surface area contributed by atoms with Crippen molar-refractivity contribution in [3.8, 4) is 0 Å². The molecule has 102 valence electrons. The van der Waals surface area contributed by atoms with Crippen LogP contribution in [0.3, 0.4) is 0 Å². The molecular formula is C13H21NO3S. The second-order valence-corrected chi connectivity index (χ2v) is 7.41. The van der Waals surface area contributed by atoms with Crippen LogP contribution >= 0.6 is 0 Å². The topological polar surface area (TPSA) is 55.4 Å². The Morgan fingerprint density at radius 1 is 1.17 bits per heavy atom. The van der Waals surface area contributed by atoms with Crippen LogP contribution in [0.5, 0.6) is 0 Å². The van der Waals surface area contributed by atoms with E-state index >= 15 is 0 Å². The number of rotatable bonds is 4. The molecule has 0 radical (unpaired) electrons. The predicted octanol–water partition coefficient (Wildman–Crippen LogP) is 2.47. The van der Waals surface area contributed by atoms with E-state index < -0.39 is 9.84 Å². The first-order valence-electron chi connectivity index (χ1n) is 5.83. The Morgan fingerprint density at radius 3 is 2.06 bits per heavy atom. The third-order valence-corrected chi connectivity index (χ3v) is 3.48. The standard InChI is InChI=1S/C13H21NO3S/c1-10(14-17-13(2,3)4)11-6-8-12(9-7-11)18(5,15)16/h6-10,14H,1-5H3. The van der Waals surface area contributed by atoms with E-state index in [-0.39, 0.29) is 11.6 Å². The summed E-state index contributed by atoms with van der Waals surface area (Å²) in [5, 5.41) is 0. The molecule has 0 aliphatic carbocycles. The number of nitrogens with one attached hydrogen (secondary N) is 1. The summed E-state index contributed by atoms with van der Waals surface area (Å²) >= 11 is 0. The van der Waals surface area contributed by atoms with Gasteiger partial charge in [0.15, 0.2) is 9.84 Å². The van der Waals surface area contributed by atoms with Crippen molar-refractivity contribution in [3.05, 3.63) is 29.8 Å². The molecule has 5 heteroatoms. The summed E-state index contributed by atoms with van der Waals surface area (Å²) in [6.45, 7) is 7.83. The van der Waals surface area contributed by atoms with Crippen LogP contribution in [-0.4, -0.2) is 20.3 Å². The Morgan fingerprint density at radius 2 is 1.67 bits per heavy atom. The molecular weight excluding hydrogens is 250 g/mol. The molecule has 0 spiro atoms. The lowest BCUT2D eigenvalue weighted by Crippen LogP contribution is -2.30. The van der Waals surface area contributed by atoms with Crippen LogP contribution in [0.15, 0.2) is 29.2 Å². The van der Waals surface area contributed by atoms with Gasteiger partial charge in [0.1, 0.15) is 0 Å². The molecule has 0 saturated carbocycles. The highest BCUT2D eigenvalue weighted by Gasteiger charge is 2.14. The number of hydrogen-bond donors (Lipinski definition) is 1. The minimum atomic E-state index is -3.13. The number of sulfone groups is 1. The first-order chi connectivity index (χ1) is 8.09. The summed E-state index contributed by atoms with van der Waals surface area (Å²) in [6, 6.07) is 6.80. The summed E-state index contributed by atoms with van der Waals surface area (Å²) < 4.78 is 22.7. The minimum Gasteiger partial charge on any atom is -0.296 e. The molecule has 1 unspecified atom stereocenters. The monoisotopic (exact) mass is 271 g/mol. The van der Waals surface area contributed by atoms with Gasteiger partial charge in [-0.3, -0.25) is 4.84 Å². The summed E-state index contributed by atoms with van der Waals surface area (Å²) in [4.78, 5) is 5.80. The third-order valence-electron chi connectivity index (χ3n) is 2.35. The highest BCUT2D eigenvalue weighted by atomic mass is 32.2. The van der Waals surface area contributed by atoms with E-state index in [1.165, 1.54) is 6.26 Å². The van der Waals surface area contributed by atoms with Gasteiger partial charge in [0.2, 0.25) is 0 Å². The summed E-state index contributed by atoms with van der Waals surface area (Å²) in [7, 11) is -3.13. The van der Waals surface area contributed by atoms with Gasteiger partial charge in [-0.15, -0.1) is 0 Å². The van der Waals surface area contributed by atoms with Gasteiger partial charge >= 0.3 is 0 Å². The first kappa shape index (κ1) is 15.1. The lowest BCUT2D eigenvalue weighted by atomic mass is 10.1. The molecule has 1 aromatic rings. The minimum absolute atomic E-state index is 0.00200. The van der Waals surface area contributed by atoms with E-state index in [1.54, 1.807) is 24.3 Å². The van der Waals surface area contributed by atoms with Crippen molar-refractivity contribution < 1.29 is 13.3 Å². The van der Waals surface area contributed by atoms with Gasteiger partial charge in [0, 0.05) is 6.26 Å². The molecule has 18 heavy (non-hydrogen) atoms. The average molecular weight is 271 g/mol. The molecule has 0 amide bonds. The lowest BCUT2D eigenvalue weighted by molar-refractivity contribution is -0.0866. The summed E-state index contributed by atoms with van der Waals surface area (Å²) in [6.07, 6.45) is 1.20. The Hall–Kier alpha value is -0.910. The average Bonchev–Trinajstić information content (AvgIpc) is 2.24. The van der Waals surface area contributed by atoms with Crippen LogP contribution in [0, 0.1) is 0 Å². The molecule has 0 fully saturated rings. The Balaban J connectivity index is 2.74. The zero-order valence-electron chi connectivity index (χ0n) is 11.5. The van der Waals surface area contributed by atoms with Crippen LogP contribution < -0.4 is 5.48 Å². The van der Waals surface area contributed by atoms with Crippen molar-refractivity contribution in [3.63, 3.8) is 0 Å². The second-order valence-electron chi connectivity index (χ2n) is 5.40. The maximum Gasteiger partial charge on any atom is 0.175 e. The molecule has 0 heterocycles. The fourth-order valence-electron chi connectivity index (χ4n) is 1.34. The molecule has 0 aliphatic heterocycles. The molecule has 0 saturated heterocycles. The number of hydrogen-bond acceptors (Lipinski definition) is 4. The van der Waals surface area contributed by atoms with E-state index in [4.69, 9.17) is 4.84 Å². The normalized spacial score (nSPS) is 14.5. The van der Waals surface area contributed by atoms with Gasteiger partial charge < -0.3 is 0 Å². The first-order valence-corrected chi connectivity index (χ1v) is 7.72. The Bertz CT molecular complexity index is 486. The largest absolute Gasteiger partial charge is 0.296 e. The van der Waals surface area contributed by atoms with Crippen molar-refractivity contribution in [2.75, 3.05) is 6.26 Å². The Kier molecular flexibility index (Phi) is 4.53. The molecule has 1 rings (SSSR count). The predicted molar refractivity (Wildman–Crippen MR) is 71.9 cm³/mol. The van der Waals surface area contributed by atoms with Gasteiger partial charge in [-0.2, -0.15) is 5.48 Å². The van der Waals surface area contributed by atoms with Gasteiger partial charge in [0.05, 0.1) is 16.5 Å². The maximum absolute atomic E-state index is 11.3. The SMILES string of the molecule is CC(NOC(C)(C)C)c1ccc(S(C)(=O)=O)cc1. The molecule has 1 aromatic carbocycles.